The predicted octanol–water partition coefficient (Wildman–Crippen LogP) is 2.96. The monoisotopic (exact) mass is 341 g/mol. The predicted molar refractivity (Wildman–Crippen MR) is 92.6 cm³/mol. The number of amides is 2. The number of rotatable bonds is 5. The number of hydrogen-bond acceptors (Lipinski definition) is 4. The van der Waals surface area contributed by atoms with E-state index in [-0.39, 0.29) is 30.2 Å². The molecule has 0 bridgehead atoms. The van der Waals surface area contributed by atoms with Crippen LogP contribution < -0.4 is 15.4 Å². The van der Waals surface area contributed by atoms with Gasteiger partial charge in [0.2, 0.25) is 0 Å². The first kappa shape index (κ1) is 16.8. The number of fused-ring (bicyclic) bond motifs is 1. The summed E-state index contributed by atoms with van der Waals surface area (Å²) < 4.78 is 5.64. The van der Waals surface area contributed by atoms with Crippen LogP contribution in [0.1, 0.15) is 24.0 Å². The van der Waals surface area contributed by atoms with Crippen molar-refractivity contribution in [1.82, 2.24) is 10.6 Å². The minimum absolute atomic E-state index is 0.00721. The Hall–Kier alpha value is -3.09. The first-order valence-electron chi connectivity index (χ1n) is 8.04. The number of hydrogen-bond donors (Lipinski definition) is 2. The SMILES string of the molecule is C[C@H](NC(=O)NCc1cccc([N+](=O)[O-])c1)[C@@H]1COc2ccccc21. The van der Waals surface area contributed by atoms with Crippen molar-refractivity contribution in [3.8, 4) is 5.75 Å². The standard InChI is InChI=1S/C18H19N3O4/c1-12(16-11-25-17-8-3-2-7-15(16)17)20-18(22)19-10-13-5-4-6-14(9-13)21(23)24/h2-9,12,16H,10-11H2,1H3,(H2,19,20,22)/t12-,16-/m0/s1. The molecule has 2 aromatic carbocycles. The van der Waals surface area contributed by atoms with E-state index in [0.717, 1.165) is 11.3 Å². The van der Waals surface area contributed by atoms with Crippen LogP contribution in [0.2, 0.25) is 0 Å². The van der Waals surface area contributed by atoms with Gasteiger partial charge in [0.1, 0.15) is 5.75 Å². The molecule has 0 spiro atoms. The van der Waals surface area contributed by atoms with Gasteiger partial charge in [0.15, 0.2) is 0 Å². The Kier molecular flexibility index (Phi) is 4.83. The third-order valence-electron chi connectivity index (χ3n) is 4.27. The second-order valence-corrected chi connectivity index (χ2v) is 6.00. The highest BCUT2D eigenvalue weighted by atomic mass is 16.6. The van der Waals surface area contributed by atoms with Gasteiger partial charge >= 0.3 is 6.03 Å². The maximum absolute atomic E-state index is 12.1. The molecule has 0 aliphatic carbocycles. The van der Waals surface area contributed by atoms with Gasteiger partial charge in [-0.05, 0) is 18.6 Å². The maximum Gasteiger partial charge on any atom is 0.315 e. The Labute approximate surface area is 145 Å². The van der Waals surface area contributed by atoms with E-state index in [1.807, 2.05) is 31.2 Å². The van der Waals surface area contributed by atoms with Crippen LogP contribution in [-0.4, -0.2) is 23.6 Å². The van der Waals surface area contributed by atoms with Crippen LogP contribution in [0.15, 0.2) is 48.5 Å². The number of nitrogens with zero attached hydrogens (tertiary/aromatic N) is 1. The number of ether oxygens (including phenoxy) is 1. The molecular formula is C18H19N3O4. The third-order valence-corrected chi connectivity index (χ3v) is 4.27. The molecule has 0 aromatic heterocycles. The minimum atomic E-state index is -0.455. The Bertz CT molecular complexity index is 793. The molecule has 0 saturated heterocycles. The van der Waals surface area contributed by atoms with Crippen LogP contribution in [0, 0.1) is 10.1 Å². The molecule has 1 heterocycles. The van der Waals surface area contributed by atoms with Crippen LogP contribution in [-0.2, 0) is 6.54 Å². The second kappa shape index (κ2) is 7.21. The first-order valence-corrected chi connectivity index (χ1v) is 8.04. The van der Waals surface area contributed by atoms with Crippen LogP contribution in [0.3, 0.4) is 0 Å². The van der Waals surface area contributed by atoms with Gasteiger partial charge in [0.05, 0.1) is 11.5 Å². The summed E-state index contributed by atoms with van der Waals surface area (Å²) in [5.41, 5.74) is 1.77. The molecule has 2 aromatic rings. The summed E-state index contributed by atoms with van der Waals surface area (Å²) in [6.45, 7) is 2.69. The van der Waals surface area contributed by atoms with Crippen molar-refractivity contribution in [2.75, 3.05) is 6.61 Å². The fourth-order valence-electron chi connectivity index (χ4n) is 2.92. The third kappa shape index (κ3) is 3.88. The van der Waals surface area contributed by atoms with Crippen molar-refractivity contribution in [3.05, 3.63) is 69.8 Å². The molecule has 7 heteroatoms. The fraction of sp³-hybridized carbons (Fsp3) is 0.278. The van der Waals surface area contributed by atoms with Gasteiger partial charge in [0.25, 0.3) is 5.69 Å². The van der Waals surface area contributed by atoms with E-state index >= 15 is 0 Å². The first-order chi connectivity index (χ1) is 12.0. The zero-order chi connectivity index (χ0) is 17.8. The lowest BCUT2D eigenvalue weighted by atomic mass is 9.94. The van der Waals surface area contributed by atoms with E-state index in [1.54, 1.807) is 12.1 Å². The zero-order valence-corrected chi connectivity index (χ0v) is 13.8. The van der Waals surface area contributed by atoms with Crippen LogP contribution in [0.4, 0.5) is 10.5 Å². The van der Waals surface area contributed by atoms with E-state index in [4.69, 9.17) is 4.74 Å². The van der Waals surface area contributed by atoms with Gasteiger partial charge in [0, 0.05) is 36.2 Å². The van der Waals surface area contributed by atoms with Gasteiger partial charge in [-0.1, -0.05) is 30.3 Å². The van der Waals surface area contributed by atoms with E-state index in [1.165, 1.54) is 12.1 Å². The van der Waals surface area contributed by atoms with E-state index < -0.39 is 4.92 Å². The maximum atomic E-state index is 12.1. The summed E-state index contributed by atoms with van der Waals surface area (Å²) >= 11 is 0. The molecule has 0 unspecified atom stereocenters. The van der Waals surface area contributed by atoms with Gasteiger partial charge < -0.3 is 15.4 Å². The molecule has 0 radical (unpaired) electrons. The van der Waals surface area contributed by atoms with Gasteiger partial charge in [-0.2, -0.15) is 0 Å². The van der Waals surface area contributed by atoms with Crippen LogP contribution in [0.5, 0.6) is 5.75 Å². The summed E-state index contributed by atoms with van der Waals surface area (Å²) in [6.07, 6.45) is 0. The smallest absolute Gasteiger partial charge is 0.315 e. The number of para-hydroxylation sites is 1. The lowest BCUT2D eigenvalue weighted by molar-refractivity contribution is -0.384. The highest BCUT2D eigenvalue weighted by molar-refractivity contribution is 5.74. The zero-order valence-electron chi connectivity index (χ0n) is 13.8. The van der Waals surface area contributed by atoms with Gasteiger partial charge in [-0.25, -0.2) is 4.79 Å². The highest BCUT2D eigenvalue weighted by Crippen LogP contribution is 2.35. The van der Waals surface area contributed by atoms with Crippen molar-refractivity contribution in [2.24, 2.45) is 0 Å². The van der Waals surface area contributed by atoms with Crippen LogP contribution in [0.25, 0.3) is 0 Å². The lowest BCUT2D eigenvalue weighted by Crippen LogP contribution is -2.43. The number of nitrogens with one attached hydrogen (secondary N) is 2. The average molecular weight is 341 g/mol. The molecule has 1 aliphatic heterocycles. The molecule has 3 rings (SSSR count). The molecule has 0 saturated carbocycles. The van der Waals surface area contributed by atoms with Gasteiger partial charge in [-0.15, -0.1) is 0 Å². The van der Waals surface area contributed by atoms with E-state index in [2.05, 4.69) is 10.6 Å². The quantitative estimate of drug-likeness (QED) is 0.646. The molecule has 0 fully saturated rings. The number of nitro groups is 1. The highest BCUT2D eigenvalue weighted by Gasteiger charge is 2.29. The molecule has 2 amide bonds. The van der Waals surface area contributed by atoms with Crippen molar-refractivity contribution in [3.63, 3.8) is 0 Å². The minimum Gasteiger partial charge on any atom is -0.493 e. The number of nitro benzene ring substituents is 1. The molecular weight excluding hydrogens is 322 g/mol. The second-order valence-electron chi connectivity index (χ2n) is 6.00. The van der Waals surface area contributed by atoms with Crippen molar-refractivity contribution >= 4 is 11.7 Å². The Morgan fingerprint density at radius 2 is 2.12 bits per heavy atom. The topological polar surface area (TPSA) is 93.5 Å². The Morgan fingerprint density at radius 3 is 2.92 bits per heavy atom. The summed E-state index contributed by atoms with van der Waals surface area (Å²) in [5.74, 6) is 0.956. The average Bonchev–Trinajstić information content (AvgIpc) is 3.04. The summed E-state index contributed by atoms with van der Waals surface area (Å²) in [7, 11) is 0. The summed E-state index contributed by atoms with van der Waals surface area (Å²) in [4.78, 5) is 22.4. The number of carbonyl (C=O) groups is 1. The summed E-state index contributed by atoms with van der Waals surface area (Å²) in [6, 6.07) is 13.6. The molecule has 1 aliphatic rings. The molecule has 7 nitrogen and oxygen atoms in total. The van der Waals surface area contributed by atoms with Crippen molar-refractivity contribution < 1.29 is 14.5 Å². The number of benzene rings is 2. The molecule has 2 atom stereocenters. The summed E-state index contributed by atoms with van der Waals surface area (Å²) in [5, 5.41) is 16.4. The molecule has 130 valence electrons. The van der Waals surface area contributed by atoms with Crippen molar-refractivity contribution in [1.29, 1.82) is 0 Å². The largest absolute Gasteiger partial charge is 0.493 e. The molecule has 25 heavy (non-hydrogen) atoms. The molecule has 2 N–H and O–H groups in total. The van der Waals surface area contributed by atoms with E-state index in [0.29, 0.717) is 12.2 Å². The van der Waals surface area contributed by atoms with E-state index in [9.17, 15) is 14.9 Å². The number of carbonyl (C=O) groups excluding carboxylic acids is 1. The number of non-ortho nitro benzene ring substituents is 1. The van der Waals surface area contributed by atoms with Crippen molar-refractivity contribution in [2.45, 2.75) is 25.4 Å². The fourth-order valence-corrected chi connectivity index (χ4v) is 2.92. The Morgan fingerprint density at radius 1 is 1.32 bits per heavy atom. The Balaban J connectivity index is 1.55. The number of urea groups is 1. The van der Waals surface area contributed by atoms with Gasteiger partial charge in [-0.3, -0.25) is 10.1 Å². The lowest BCUT2D eigenvalue weighted by Gasteiger charge is -2.20. The van der Waals surface area contributed by atoms with Crippen LogP contribution >= 0.6 is 0 Å². The normalized spacial score (nSPS) is 16.4.